The van der Waals surface area contributed by atoms with Crippen molar-refractivity contribution in [2.24, 2.45) is 0 Å². The Morgan fingerprint density at radius 1 is 1.14 bits per heavy atom. The number of nitrogens with one attached hydrogen (secondary N) is 1. The normalized spacial score (nSPS) is 22.6. The Morgan fingerprint density at radius 3 is 2.38 bits per heavy atom. The van der Waals surface area contributed by atoms with Crippen molar-refractivity contribution in [3.8, 4) is 0 Å². The van der Waals surface area contributed by atoms with Crippen molar-refractivity contribution in [2.75, 3.05) is 24.6 Å². The molecular formula is C17H28N2OS. The lowest BCUT2D eigenvalue weighted by Gasteiger charge is -2.24. The van der Waals surface area contributed by atoms with Crippen LogP contribution in [0.2, 0.25) is 0 Å². The van der Waals surface area contributed by atoms with Crippen LogP contribution in [0.5, 0.6) is 0 Å². The summed E-state index contributed by atoms with van der Waals surface area (Å²) >= 11 is 0. The number of nitrogens with zero attached hydrogens (tertiary/aromatic N) is 1. The van der Waals surface area contributed by atoms with E-state index in [1.807, 2.05) is 0 Å². The average Bonchev–Trinajstić information content (AvgIpc) is 2.53. The molecule has 1 aromatic carbocycles. The molecule has 0 aliphatic carbocycles. The second-order valence-corrected chi connectivity index (χ2v) is 7.43. The maximum atomic E-state index is 11.4. The molecule has 21 heavy (non-hydrogen) atoms. The predicted octanol–water partition coefficient (Wildman–Crippen LogP) is 2.53. The second kappa shape index (κ2) is 8.66. The highest BCUT2D eigenvalue weighted by Crippen LogP contribution is 2.14. The number of benzene rings is 1. The third-order valence-corrected chi connectivity index (χ3v) is 5.76. The Hall–Kier alpha value is -0.710. The Morgan fingerprint density at radius 2 is 1.76 bits per heavy atom. The molecule has 0 atom stereocenters. The quantitative estimate of drug-likeness (QED) is 0.840. The molecule has 0 spiro atoms. The van der Waals surface area contributed by atoms with E-state index in [2.05, 4.69) is 48.3 Å². The molecule has 0 amide bonds. The molecule has 1 aliphatic rings. The van der Waals surface area contributed by atoms with Crippen LogP contribution < -0.4 is 5.32 Å². The molecule has 0 radical (unpaired) electrons. The first-order chi connectivity index (χ1) is 10.2. The monoisotopic (exact) mass is 308 g/mol. The Balaban J connectivity index is 1.91. The van der Waals surface area contributed by atoms with E-state index in [0.717, 1.165) is 50.5 Å². The second-order valence-electron chi connectivity index (χ2n) is 5.73. The van der Waals surface area contributed by atoms with Crippen molar-refractivity contribution in [3.05, 3.63) is 35.4 Å². The summed E-state index contributed by atoms with van der Waals surface area (Å²) in [5.74, 6) is 1.72. The largest absolute Gasteiger partial charge is 0.310 e. The highest BCUT2D eigenvalue weighted by Gasteiger charge is 2.17. The summed E-state index contributed by atoms with van der Waals surface area (Å²) in [5, 5.41) is 3.66. The van der Waals surface area contributed by atoms with Crippen molar-refractivity contribution < 1.29 is 4.21 Å². The van der Waals surface area contributed by atoms with Gasteiger partial charge in [-0.15, -0.1) is 0 Å². The zero-order valence-corrected chi connectivity index (χ0v) is 14.1. The van der Waals surface area contributed by atoms with E-state index in [0.29, 0.717) is 6.04 Å². The van der Waals surface area contributed by atoms with E-state index in [1.165, 1.54) is 11.1 Å². The smallest absolute Gasteiger partial charge is 0.0249 e. The van der Waals surface area contributed by atoms with Gasteiger partial charge >= 0.3 is 0 Å². The summed E-state index contributed by atoms with van der Waals surface area (Å²) in [4.78, 5) is 2.45. The molecule has 1 aliphatic heterocycles. The van der Waals surface area contributed by atoms with Crippen molar-refractivity contribution in [1.29, 1.82) is 0 Å². The average molecular weight is 308 g/mol. The summed E-state index contributed by atoms with van der Waals surface area (Å²) in [6.45, 7) is 8.56. The van der Waals surface area contributed by atoms with Gasteiger partial charge in [-0.1, -0.05) is 38.1 Å². The molecule has 0 aromatic heterocycles. The zero-order valence-electron chi connectivity index (χ0n) is 13.3. The van der Waals surface area contributed by atoms with Gasteiger partial charge in [-0.2, -0.15) is 0 Å². The van der Waals surface area contributed by atoms with Crippen LogP contribution in [0.1, 0.15) is 37.8 Å². The van der Waals surface area contributed by atoms with Crippen molar-refractivity contribution in [2.45, 2.75) is 45.8 Å². The van der Waals surface area contributed by atoms with Crippen LogP contribution in [-0.2, 0) is 23.9 Å². The van der Waals surface area contributed by atoms with Crippen LogP contribution in [0.3, 0.4) is 0 Å². The summed E-state index contributed by atoms with van der Waals surface area (Å²) in [5.41, 5.74) is 2.82. The molecule has 1 aromatic rings. The van der Waals surface area contributed by atoms with Gasteiger partial charge in [-0.05, 0) is 37.1 Å². The molecule has 4 heteroatoms. The van der Waals surface area contributed by atoms with Crippen LogP contribution in [0, 0.1) is 0 Å². The molecule has 0 saturated carbocycles. The maximum absolute atomic E-state index is 11.4. The minimum atomic E-state index is -0.570. The van der Waals surface area contributed by atoms with Gasteiger partial charge in [0.05, 0.1) is 0 Å². The van der Waals surface area contributed by atoms with Crippen molar-refractivity contribution >= 4 is 10.8 Å². The van der Waals surface area contributed by atoms with E-state index in [-0.39, 0.29) is 0 Å². The maximum Gasteiger partial charge on any atom is 0.0249 e. The Kier molecular flexibility index (Phi) is 6.87. The Labute approximate surface area is 131 Å². The minimum absolute atomic E-state index is 0.532. The fraction of sp³-hybridized carbons (Fsp3) is 0.647. The molecule has 1 N–H and O–H groups in total. The van der Waals surface area contributed by atoms with Crippen LogP contribution in [0.15, 0.2) is 24.3 Å². The van der Waals surface area contributed by atoms with E-state index >= 15 is 0 Å². The van der Waals surface area contributed by atoms with Gasteiger partial charge in [-0.25, -0.2) is 0 Å². The van der Waals surface area contributed by atoms with Gasteiger partial charge in [0.25, 0.3) is 0 Å². The van der Waals surface area contributed by atoms with Gasteiger partial charge in [0.15, 0.2) is 0 Å². The van der Waals surface area contributed by atoms with Crippen molar-refractivity contribution in [1.82, 2.24) is 10.2 Å². The van der Waals surface area contributed by atoms with Crippen LogP contribution >= 0.6 is 0 Å². The molecule has 1 saturated heterocycles. The molecule has 0 unspecified atom stereocenters. The van der Waals surface area contributed by atoms with Crippen LogP contribution in [0.25, 0.3) is 0 Å². The van der Waals surface area contributed by atoms with Gasteiger partial charge in [0.2, 0.25) is 0 Å². The third kappa shape index (κ3) is 5.20. The topological polar surface area (TPSA) is 32.3 Å². The lowest BCUT2D eigenvalue weighted by atomic mass is 10.1. The van der Waals surface area contributed by atoms with E-state index in [1.54, 1.807) is 0 Å². The fourth-order valence-corrected chi connectivity index (χ4v) is 4.12. The molecule has 118 valence electrons. The minimum Gasteiger partial charge on any atom is -0.310 e. The van der Waals surface area contributed by atoms with Gasteiger partial charge in [0, 0.05) is 41.4 Å². The van der Waals surface area contributed by atoms with Crippen molar-refractivity contribution in [3.63, 3.8) is 0 Å². The van der Waals surface area contributed by atoms with Crippen LogP contribution in [0.4, 0.5) is 0 Å². The van der Waals surface area contributed by atoms with E-state index < -0.39 is 10.8 Å². The summed E-state index contributed by atoms with van der Waals surface area (Å²) in [6, 6.07) is 9.26. The highest BCUT2D eigenvalue weighted by atomic mass is 32.2. The molecule has 0 bridgehead atoms. The van der Waals surface area contributed by atoms with E-state index in [9.17, 15) is 4.21 Å². The zero-order chi connectivity index (χ0) is 15.1. The number of hydrogen-bond donors (Lipinski definition) is 1. The Bertz CT molecular complexity index is 450. The molecular weight excluding hydrogens is 280 g/mol. The molecule has 1 heterocycles. The number of rotatable bonds is 7. The van der Waals surface area contributed by atoms with Gasteiger partial charge in [-0.3, -0.25) is 9.11 Å². The predicted molar refractivity (Wildman–Crippen MR) is 90.8 cm³/mol. The SMILES string of the molecule is CCN(CC)Cc1ccccc1CNC1CCS(=O)CC1. The first kappa shape index (κ1) is 16.7. The standard InChI is InChI=1S/C17H28N2OS/c1-3-19(4-2)14-16-8-6-5-7-15(16)13-18-17-9-11-21(20)12-10-17/h5-8,17-18H,3-4,9-14H2,1-2H3. The summed E-state index contributed by atoms with van der Waals surface area (Å²) < 4.78 is 11.4. The highest BCUT2D eigenvalue weighted by molar-refractivity contribution is 7.85. The third-order valence-electron chi connectivity index (χ3n) is 4.38. The molecule has 3 nitrogen and oxygen atoms in total. The molecule has 1 fully saturated rings. The van der Waals surface area contributed by atoms with Gasteiger partial charge in [0.1, 0.15) is 0 Å². The van der Waals surface area contributed by atoms with Crippen LogP contribution in [-0.4, -0.2) is 39.7 Å². The van der Waals surface area contributed by atoms with E-state index in [4.69, 9.17) is 0 Å². The van der Waals surface area contributed by atoms with Gasteiger partial charge < -0.3 is 5.32 Å². The lowest BCUT2D eigenvalue weighted by Crippen LogP contribution is -2.35. The molecule has 2 rings (SSSR count). The lowest BCUT2D eigenvalue weighted by molar-refractivity contribution is 0.294. The summed E-state index contributed by atoms with van der Waals surface area (Å²) in [7, 11) is -0.570. The first-order valence-corrected chi connectivity index (χ1v) is 9.59. The first-order valence-electron chi connectivity index (χ1n) is 8.10. The summed E-state index contributed by atoms with van der Waals surface area (Å²) in [6.07, 6.45) is 2.09. The number of hydrogen-bond acceptors (Lipinski definition) is 3. The fourth-order valence-electron chi connectivity index (χ4n) is 2.82.